The SMILES string of the molecule is CC.CC.CC(C)(C)OC(=O)N1CC(CNC(=O)c2ccc(C(=O)O)cc2)C1. The highest BCUT2D eigenvalue weighted by atomic mass is 16.6. The third-order valence-corrected chi connectivity index (χ3v) is 3.55. The second-order valence-corrected chi connectivity index (χ2v) is 6.84. The Morgan fingerprint density at radius 3 is 1.93 bits per heavy atom. The van der Waals surface area contributed by atoms with E-state index in [1.165, 1.54) is 24.3 Å². The third-order valence-electron chi connectivity index (χ3n) is 3.55. The Balaban J connectivity index is 0.00000171. The molecule has 28 heavy (non-hydrogen) atoms. The Morgan fingerprint density at radius 1 is 1.04 bits per heavy atom. The van der Waals surface area contributed by atoms with E-state index in [0.29, 0.717) is 25.2 Å². The second kappa shape index (κ2) is 12.0. The maximum absolute atomic E-state index is 12.0. The Hall–Kier alpha value is -2.57. The molecule has 1 aromatic carbocycles. The highest BCUT2D eigenvalue weighted by Gasteiger charge is 2.33. The van der Waals surface area contributed by atoms with Crippen molar-refractivity contribution >= 4 is 18.0 Å². The van der Waals surface area contributed by atoms with Crippen molar-refractivity contribution in [2.24, 2.45) is 5.92 Å². The molecule has 0 saturated carbocycles. The molecular formula is C21H34N2O5. The molecule has 0 spiro atoms. The van der Waals surface area contributed by atoms with E-state index in [2.05, 4.69) is 5.32 Å². The molecule has 0 aromatic heterocycles. The van der Waals surface area contributed by atoms with Crippen LogP contribution in [0.15, 0.2) is 24.3 Å². The average molecular weight is 395 g/mol. The summed E-state index contributed by atoms with van der Waals surface area (Å²) in [5, 5.41) is 11.6. The normalized spacial score (nSPS) is 13.0. The fraction of sp³-hybridized carbons (Fsp3) is 0.571. The first-order valence-corrected chi connectivity index (χ1v) is 9.75. The maximum Gasteiger partial charge on any atom is 0.410 e. The number of benzene rings is 1. The second-order valence-electron chi connectivity index (χ2n) is 6.84. The molecular weight excluding hydrogens is 360 g/mol. The van der Waals surface area contributed by atoms with Crippen LogP contribution in [0.3, 0.4) is 0 Å². The summed E-state index contributed by atoms with van der Waals surface area (Å²) >= 11 is 0. The van der Waals surface area contributed by atoms with Crippen LogP contribution in [0.2, 0.25) is 0 Å². The lowest BCUT2D eigenvalue weighted by Crippen LogP contribution is -2.54. The predicted octanol–water partition coefficient (Wildman–Crippen LogP) is 4.03. The third kappa shape index (κ3) is 8.41. The number of rotatable bonds is 4. The van der Waals surface area contributed by atoms with E-state index in [4.69, 9.17) is 9.84 Å². The Labute approximate surface area is 168 Å². The van der Waals surface area contributed by atoms with Gasteiger partial charge in [-0.15, -0.1) is 0 Å². The van der Waals surface area contributed by atoms with E-state index in [9.17, 15) is 14.4 Å². The standard InChI is InChI=1S/C17H22N2O5.2C2H6/c1-17(2,3)24-16(23)19-9-11(10-19)8-18-14(20)12-4-6-13(7-5-12)15(21)22;2*1-2/h4-7,11H,8-10H2,1-3H3,(H,18,20)(H,21,22);2*1-2H3. The molecule has 1 aliphatic rings. The van der Waals surface area contributed by atoms with Crippen LogP contribution in [-0.4, -0.2) is 53.2 Å². The molecule has 2 amide bonds. The van der Waals surface area contributed by atoms with E-state index in [0.717, 1.165) is 0 Å². The molecule has 7 nitrogen and oxygen atoms in total. The maximum atomic E-state index is 12.0. The van der Waals surface area contributed by atoms with Crippen molar-refractivity contribution in [3.63, 3.8) is 0 Å². The van der Waals surface area contributed by atoms with E-state index in [1.807, 2.05) is 48.5 Å². The number of carbonyl (C=O) groups excluding carboxylic acids is 2. The Bertz CT molecular complexity index is 629. The van der Waals surface area contributed by atoms with Gasteiger partial charge in [-0.2, -0.15) is 0 Å². The van der Waals surface area contributed by atoms with Gasteiger partial charge in [-0.25, -0.2) is 9.59 Å². The van der Waals surface area contributed by atoms with Gasteiger partial charge < -0.3 is 20.1 Å². The zero-order chi connectivity index (χ0) is 21.9. The van der Waals surface area contributed by atoms with Crippen LogP contribution < -0.4 is 5.32 Å². The number of nitrogens with one attached hydrogen (secondary N) is 1. The number of ether oxygens (including phenoxy) is 1. The first-order valence-electron chi connectivity index (χ1n) is 9.75. The summed E-state index contributed by atoms with van der Waals surface area (Å²) in [6, 6.07) is 5.74. The lowest BCUT2D eigenvalue weighted by molar-refractivity contribution is -0.000549. The number of hydrogen-bond acceptors (Lipinski definition) is 4. The molecule has 0 bridgehead atoms. The van der Waals surface area contributed by atoms with E-state index in [-0.39, 0.29) is 23.5 Å². The zero-order valence-electron chi connectivity index (χ0n) is 18.0. The van der Waals surface area contributed by atoms with Crippen LogP contribution in [0.4, 0.5) is 4.79 Å². The zero-order valence-corrected chi connectivity index (χ0v) is 18.0. The summed E-state index contributed by atoms with van der Waals surface area (Å²) < 4.78 is 5.27. The molecule has 1 aliphatic heterocycles. The molecule has 0 unspecified atom stereocenters. The number of nitrogens with zero attached hydrogens (tertiary/aromatic N) is 1. The fourth-order valence-electron chi connectivity index (χ4n) is 2.28. The predicted molar refractivity (Wildman–Crippen MR) is 110 cm³/mol. The smallest absolute Gasteiger partial charge is 0.410 e. The van der Waals surface area contributed by atoms with Crippen molar-refractivity contribution in [3.8, 4) is 0 Å². The van der Waals surface area contributed by atoms with Gasteiger partial charge in [0.25, 0.3) is 5.91 Å². The van der Waals surface area contributed by atoms with Gasteiger partial charge in [0.1, 0.15) is 5.60 Å². The van der Waals surface area contributed by atoms with Gasteiger partial charge in [-0.1, -0.05) is 27.7 Å². The van der Waals surface area contributed by atoms with Gasteiger partial charge in [-0.05, 0) is 45.0 Å². The van der Waals surface area contributed by atoms with Gasteiger partial charge in [0.15, 0.2) is 0 Å². The molecule has 2 rings (SSSR count). The number of likely N-dealkylation sites (tertiary alicyclic amines) is 1. The number of hydrogen-bond donors (Lipinski definition) is 2. The van der Waals surface area contributed by atoms with Crippen molar-refractivity contribution in [2.45, 2.75) is 54.1 Å². The van der Waals surface area contributed by atoms with E-state index in [1.54, 1.807) is 4.90 Å². The number of carboxylic acid groups (broad SMARTS) is 1. The van der Waals surface area contributed by atoms with Crippen molar-refractivity contribution in [1.82, 2.24) is 10.2 Å². The van der Waals surface area contributed by atoms with Gasteiger partial charge >= 0.3 is 12.1 Å². The average Bonchev–Trinajstić information content (AvgIpc) is 2.62. The minimum atomic E-state index is -1.03. The highest BCUT2D eigenvalue weighted by molar-refractivity contribution is 5.95. The Kier molecular flexibility index (Phi) is 10.9. The number of carboxylic acids is 1. The lowest BCUT2D eigenvalue weighted by Gasteiger charge is -2.39. The molecule has 0 atom stereocenters. The Morgan fingerprint density at radius 2 is 1.50 bits per heavy atom. The van der Waals surface area contributed by atoms with E-state index >= 15 is 0 Å². The molecule has 0 aliphatic carbocycles. The van der Waals surface area contributed by atoms with Gasteiger partial charge in [-0.3, -0.25) is 4.79 Å². The van der Waals surface area contributed by atoms with Crippen LogP contribution in [0.5, 0.6) is 0 Å². The summed E-state index contributed by atoms with van der Waals surface area (Å²) in [5.41, 5.74) is 0.0280. The summed E-state index contributed by atoms with van der Waals surface area (Å²) in [6.07, 6.45) is -0.339. The van der Waals surface area contributed by atoms with Crippen LogP contribution in [0.25, 0.3) is 0 Å². The van der Waals surface area contributed by atoms with Crippen LogP contribution >= 0.6 is 0 Å². The first kappa shape index (κ1) is 25.4. The highest BCUT2D eigenvalue weighted by Crippen LogP contribution is 2.19. The lowest BCUT2D eigenvalue weighted by atomic mass is 10.0. The molecule has 1 heterocycles. The fourth-order valence-corrected chi connectivity index (χ4v) is 2.28. The molecule has 1 fully saturated rings. The monoisotopic (exact) mass is 394 g/mol. The summed E-state index contributed by atoms with van der Waals surface area (Å²) in [6.45, 7) is 15.0. The quantitative estimate of drug-likeness (QED) is 0.804. The van der Waals surface area contributed by atoms with Crippen LogP contribution in [-0.2, 0) is 4.74 Å². The number of amides is 2. The number of aromatic carboxylic acids is 1. The minimum absolute atomic E-state index is 0.138. The van der Waals surface area contributed by atoms with Crippen LogP contribution in [0, 0.1) is 5.92 Å². The molecule has 1 aromatic rings. The molecule has 7 heteroatoms. The number of carbonyl (C=O) groups is 3. The van der Waals surface area contributed by atoms with E-state index < -0.39 is 11.6 Å². The first-order chi connectivity index (χ1) is 13.2. The molecule has 158 valence electrons. The van der Waals surface area contributed by atoms with Crippen LogP contribution in [0.1, 0.15) is 69.2 Å². The van der Waals surface area contributed by atoms with Gasteiger partial charge in [0.05, 0.1) is 5.56 Å². The topological polar surface area (TPSA) is 95.9 Å². The van der Waals surface area contributed by atoms with Crippen molar-refractivity contribution < 1.29 is 24.2 Å². The molecule has 2 N–H and O–H groups in total. The largest absolute Gasteiger partial charge is 0.478 e. The van der Waals surface area contributed by atoms with Crippen molar-refractivity contribution in [3.05, 3.63) is 35.4 Å². The molecule has 0 radical (unpaired) electrons. The van der Waals surface area contributed by atoms with Gasteiger partial charge in [0, 0.05) is 31.1 Å². The summed E-state index contributed by atoms with van der Waals surface area (Å²) in [7, 11) is 0. The minimum Gasteiger partial charge on any atom is -0.478 e. The summed E-state index contributed by atoms with van der Waals surface area (Å²) in [4.78, 5) is 36.2. The molecule has 1 saturated heterocycles. The summed E-state index contributed by atoms with van der Waals surface area (Å²) in [5.74, 6) is -1.10. The van der Waals surface area contributed by atoms with Crippen molar-refractivity contribution in [1.29, 1.82) is 0 Å². The van der Waals surface area contributed by atoms with Gasteiger partial charge in [0.2, 0.25) is 0 Å². The van der Waals surface area contributed by atoms with Crippen molar-refractivity contribution in [2.75, 3.05) is 19.6 Å².